The molecule has 126 valence electrons. The Kier molecular flexibility index (Phi) is 5.18. The molecule has 0 spiro atoms. The van der Waals surface area contributed by atoms with Gasteiger partial charge >= 0.3 is 155 Å². The molecule has 0 bridgehead atoms. The van der Waals surface area contributed by atoms with Gasteiger partial charge in [0.15, 0.2) is 0 Å². The average Bonchev–Trinajstić information content (AvgIpc) is 3.03. The Hall–Kier alpha value is -1.60. The summed E-state index contributed by atoms with van der Waals surface area (Å²) >= 11 is -1.83. The number of hydrogen-bond acceptors (Lipinski definition) is 0. The second-order valence-corrected chi connectivity index (χ2v) is 11.7. The van der Waals surface area contributed by atoms with E-state index in [1.165, 1.54) is 21.9 Å². The van der Waals surface area contributed by atoms with Gasteiger partial charge in [0.2, 0.25) is 0 Å². The van der Waals surface area contributed by atoms with E-state index in [2.05, 4.69) is 103 Å². The third-order valence-electron chi connectivity index (χ3n) is 4.70. The topological polar surface area (TPSA) is 0 Å². The molecule has 0 aliphatic heterocycles. The fourth-order valence-corrected chi connectivity index (χ4v) is 10.9. The van der Waals surface area contributed by atoms with Crippen LogP contribution in [-0.4, -0.2) is 19.1 Å². The minimum atomic E-state index is -1.83. The molecule has 0 saturated carbocycles. The Labute approximate surface area is 177 Å². The van der Waals surface area contributed by atoms with Crippen molar-refractivity contribution >= 4 is 36.6 Å². The standard InChI is InChI=1S/C24H17Te.HI/c1-2-10-18(11-3-1)19-12-4-7-15-22(19)25-23-16-8-5-13-20(23)21-14-6-9-17-24(21)25;/h1-17H;1H/q+1;/p-1. The van der Waals surface area contributed by atoms with Crippen LogP contribution < -0.4 is 24.0 Å². The molecular weight excluding hydrogens is 543 g/mol. The maximum absolute atomic E-state index is 2.36. The normalized spacial score (nSPS) is 10.8. The van der Waals surface area contributed by atoms with Crippen LogP contribution in [0, 0.1) is 0 Å². The molecule has 0 saturated heterocycles. The van der Waals surface area contributed by atoms with Crippen molar-refractivity contribution in [2.45, 2.75) is 0 Å². The second kappa shape index (κ2) is 7.56. The van der Waals surface area contributed by atoms with E-state index in [1.807, 2.05) is 0 Å². The number of hydrogen-bond donors (Lipinski definition) is 0. The fraction of sp³-hybridized carbons (Fsp3) is 0. The molecule has 5 rings (SSSR count). The van der Waals surface area contributed by atoms with Gasteiger partial charge in [-0.1, -0.05) is 0 Å². The van der Waals surface area contributed by atoms with Crippen molar-refractivity contribution < 1.29 is 24.0 Å². The molecule has 0 fully saturated rings. The number of halogens is 1. The van der Waals surface area contributed by atoms with Crippen LogP contribution in [0.1, 0.15) is 0 Å². The van der Waals surface area contributed by atoms with Crippen molar-refractivity contribution in [3.05, 3.63) is 103 Å². The van der Waals surface area contributed by atoms with E-state index >= 15 is 0 Å². The summed E-state index contributed by atoms with van der Waals surface area (Å²) in [5, 5.41) is 2.88. The SMILES string of the molecule is [I-].c1ccc(-c2ccccc2-[te+]2c3ccccc3c3ccccc32)cc1. The van der Waals surface area contributed by atoms with Crippen LogP contribution in [0.5, 0.6) is 0 Å². The zero-order chi connectivity index (χ0) is 16.6. The first-order valence-corrected chi connectivity index (χ1v) is 12.0. The molecule has 2 heteroatoms. The predicted molar refractivity (Wildman–Crippen MR) is 110 cm³/mol. The number of fused-ring (bicyclic) bond motifs is 3. The quantitative estimate of drug-likeness (QED) is 0.230. The first kappa shape index (κ1) is 17.8. The summed E-state index contributed by atoms with van der Waals surface area (Å²) in [5.41, 5.74) is 2.71. The summed E-state index contributed by atoms with van der Waals surface area (Å²) in [5.74, 6) is 0. The van der Waals surface area contributed by atoms with E-state index in [-0.39, 0.29) is 24.0 Å². The molecule has 0 unspecified atom stereocenters. The van der Waals surface area contributed by atoms with Crippen LogP contribution in [0.3, 0.4) is 0 Å². The van der Waals surface area contributed by atoms with E-state index in [0.717, 1.165) is 0 Å². The van der Waals surface area contributed by atoms with Crippen LogP contribution >= 0.6 is 0 Å². The molecule has 1 heterocycles. The van der Waals surface area contributed by atoms with Crippen LogP contribution in [0.15, 0.2) is 103 Å². The Bertz CT molecular complexity index is 1140. The van der Waals surface area contributed by atoms with Gasteiger partial charge in [-0.15, -0.1) is 0 Å². The molecule has 0 atom stereocenters. The first-order chi connectivity index (χ1) is 12.4. The Morgan fingerprint density at radius 1 is 0.462 bits per heavy atom. The monoisotopic (exact) mass is 562 g/mol. The number of benzene rings is 4. The van der Waals surface area contributed by atoms with Crippen molar-refractivity contribution in [1.29, 1.82) is 0 Å². The molecular formula is C24H17ITe. The fourth-order valence-electron chi connectivity index (χ4n) is 3.59. The average molecular weight is 560 g/mol. The van der Waals surface area contributed by atoms with Crippen molar-refractivity contribution in [1.82, 2.24) is 0 Å². The molecule has 0 aliphatic carbocycles. The summed E-state index contributed by atoms with van der Waals surface area (Å²) in [7, 11) is 0. The first-order valence-electron chi connectivity index (χ1n) is 8.51. The van der Waals surface area contributed by atoms with Crippen molar-refractivity contribution in [3.63, 3.8) is 0 Å². The molecule has 5 aromatic rings. The van der Waals surface area contributed by atoms with Gasteiger partial charge in [-0.3, -0.25) is 0 Å². The van der Waals surface area contributed by atoms with E-state index < -0.39 is 19.1 Å². The van der Waals surface area contributed by atoms with Crippen molar-refractivity contribution in [2.75, 3.05) is 0 Å². The van der Waals surface area contributed by atoms with Gasteiger partial charge in [-0.2, -0.15) is 0 Å². The van der Waals surface area contributed by atoms with Crippen molar-refractivity contribution in [3.8, 4) is 14.7 Å². The Morgan fingerprint density at radius 2 is 0.962 bits per heavy atom. The second-order valence-electron chi connectivity index (χ2n) is 6.16. The zero-order valence-electron chi connectivity index (χ0n) is 14.1. The van der Waals surface area contributed by atoms with Crippen LogP contribution in [0.4, 0.5) is 0 Å². The Balaban J connectivity index is 0.00000168. The summed E-state index contributed by atoms with van der Waals surface area (Å²) in [6, 6.07) is 37.8. The third-order valence-corrected chi connectivity index (χ3v) is 11.5. The summed E-state index contributed by atoms with van der Waals surface area (Å²) in [4.78, 5) is 0. The molecule has 0 N–H and O–H groups in total. The van der Waals surface area contributed by atoms with E-state index in [9.17, 15) is 0 Å². The molecule has 4 aromatic carbocycles. The predicted octanol–water partition coefficient (Wildman–Crippen LogP) is 3.40. The van der Waals surface area contributed by atoms with Gasteiger partial charge < -0.3 is 24.0 Å². The van der Waals surface area contributed by atoms with E-state index in [4.69, 9.17) is 0 Å². The van der Waals surface area contributed by atoms with Crippen molar-refractivity contribution in [2.24, 2.45) is 0 Å². The summed E-state index contributed by atoms with van der Waals surface area (Å²) in [6.45, 7) is 0. The summed E-state index contributed by atoms with van der Waals surface area (Å²) < 4.78 is 4.71. The minimum absolute atomic E-state index is 0. The van der Waals surface area contributed by atoms with Gasteiger partial charge in [0.25, 0.3) is 0 Å². The third kappa shape index (κ3) is 2.91. The molecule has 0 radical (unpaired) electrons. The maximum atomic E-state index is 2.36. The van der Waals surface area contributed by atoms with E-state index in [1.54, 1.807) is 10.4 Å². The van der Waals surface area contributed by atoms with Crippen LogP contribution in [0.25, 0.3) is 32.3 Å². The Morgan fingerprint density at radius 3 is 1.62 bits per heavy atom. The summed E-state index contributed by atoms with van der Waals surface area (Å²) in [6.07, 6.45) is 0. The molecule has 0 aliphatic rings. The van der Waals surface area contributed by atoms with Gasteiger partial charge in [-0.25, -0.2) is 0 Å². The number of rotatable bonds is 2. The molecule has 0 nitrogen and oxygen atoms in total. The molecule has 1 aromatic heterocycles. The molecule has 26 heavy (non-hydrogen) atoms. The van der Waals surface area contributed by atoms with Gasteiger partial charge in [0.05, 0.1) is 0 Å². The molecule has 0 amide bonds. The van der Waals surface area contributed by atoms with Crippen LogP contribution in [0.2, 0.25) is 0 Å². The van der Waals surface area contributed by atoms with Crippen LogP contribution in [-0.2, 0) is 0 Å². The van der Waals surface area contributed by atoms with E-state index in [0.29, 0.717) is 0 Å². The van der Waals surface area contributed by atoms with Gasteiger partial charge in [-0.05, 0) is 0 Å². The zero-order valence-corrected chi connectivity index (χ0v) is 18.6. The van der Waals surface area contributed by atoms with Gasteiger partial charge in [0.1, 0.15) is 0 Å². The van der Waals surface area contributed by atoms with Gasteiger partial charge in [0, 0.05) is 0 Å².